The highest BCUT2D eigenvalue weighted by atomic mass is 32.1. The van der Waals surface area contributed by atoms with Crippen molar-refractivity contribution in [2.75, 3.05) is 21.3 Å². The maximum absolute atomic E-state index is 12.5. The molecule has 0 saturated carbocycles. The molecule has 2 N–H and O–H groups in total. The first-order valence-corrected chi connectivity index (χ1v) is 8.37. The number of hydrogen-bond donors (Lipinski definition) is 2. The molecule has 0 aliphatic carbocycles. The lowest BCUT2D eigenvalue weighted by atomic mass is 10.1. The van der Waals surface area contributed by atoms with Crippen molar-refractivity contribution >= 4 is 23.2 Å². The molecule has 0 spiro atoms. The zero-order valence-corrected chi connectivity index (χ0v) is 16.0. The van der Waals surface area contributed by atoms with Crippen LogP contribution in [0.4, 0.5) is 0 Å². The van der Waals surface area contributed by atoms with Crippen LogP contribution in [0.1, 0.15) is 28.9 Å². The van der Waals surface area contributed by atoms with E-state index >= 15 is 0 Å². The zero-order chi connectivity index (χ0) is 19.1. The third-order valence-electron chi connectivity index (χ3n) is 3.80. The molecule has 1 amide bonds. The maximum atomic E-state index is 12.5. The van der Waals surface area contributed by atoms with Gasteiger partial charge in [-0.25, -0.2) is 0 Å². The van der Waals surface area contributed by atoms with Crippen LogP contribution in [0.2, 0.25) is 0 Å². The molecule has 0 aliphatic rings. The van der Waals surface area contributed by atoms with E-state index in [2.05, 4.69) is 10.6 Å². The summed E-state index contributed by atoms with van der Waals surface area (Å²) in [7, 11) is 4.49. The van der Waals surface area contributed by atoms with Gasteiger partial charge in [-0.2, -0.15) is 0 Å². The number of hydrogen-bond acceptors (Lipinski definition) is 5. The molecule has 6 nitrogen and oxygen atoms in total. The smallest absolute Gasteiger partial charge is 0.257 e. The molecule has 26 heavy (non-hydrogen) atoms. The number of rotatable bonds is 6. The summed E-state index contributed by atoms with van der Waals surface area (Å²) < 4.78 is 15.8. The Labute approximate surface area is 158 Å². The molecule has 2 rings (SSSR count). The molecule has 0 aliphatic heterocycles. The number of ether oxygens (including phenoxy) is 3. The van der Waals surface area contributed by atoms with Gasteiger partial charge in [0.05, 0.1) is 27.4 Å². The molecule has 0 fully saturated rings. The fraction of sp³-hybridized carbons (Fsp3) is 0.263. The lowest BCUT2D eigenvalue weighted by molar-refractivity contribution is 0.0975. The summed E-state index contributed by atoms with van der Waals surface area (Å²) in [6.45, 7) is 1.97. The van der Waals surface area contributed by atoms with Crippen molar-refractivity contribution in [1.29, 1.82) is 0 Å². The van der Waals surface area contributed by atoms with E-state index in [1.165, 1.54) is 21.3 Å². The summed E-state index contributed by atoms with van der Waals surface area (Å²) in [6, 6.07) is 12.9. The van der Waals surface area contributed by atoms with Crippen LogP contribution in [-0.2, 0) is 0 Å². The quantitative estimate of drug-likeness (QED) is 0.758. The van der Waals surface area contributed by atoms with Crippen molar-refractivity contribution in [3.8, 4) is 17.2 Å². The van der Waals surface area contributed by atoms with Crippen LogP contribution in [0.5, 0.6) is 17.2 Å². The van der Waals surface area contributed by atoms with Gasteiger partial charge in [0.15, 0.2) is 16.6 Å². The summed E-state index contributed by atoms with van der Waals surface area (Å²) in [5.74, 6) is 0.842. The van der Waals surface area contributed by atoms with Crippen molar-refractivity contribution in [1.82, 2.24) is 10.6 Å². The van der Waals surface area contributed by atoms with E-state index in [1.54, 1.807) is 12.1 Å². The molecule has 1 atom stereocenters. The van der Waals surface area contributed by atoms with E-state index in [4.69, 9.17) is 26.4 Å². The fourth-order valence-electron chi connectivity index (χ4n) is 2.45. The Kier molecular flexibility index (Phi) is 6.80. The Morgan fingerprint density at radius 3 is 2.08 bits per heavy atom. The number of thiocarbonyl (C=S) groups is 1. The van der Waals surface area contributed by atoms with Gasteiger partial charge >= 0.3 is 0 Å². The number of benzene rings is 2. The van der Waals surface area contributed by atoms with Crippen molar-refractivity contribution in [3.05, 3.63) is 53.6 Å². The van der Waals surface area contributed by atoms with Gasteiger partial charge in [0, 0.05) is 5.56 Å². The second-order valence-electron chi connectivity index (χ2n) is 5.47. The van der Waals surface area contributed by atoms with E-state index in [0.717, 1.165) is 5.56 Å². The van der Waals surface area contributed by atoms with Gasteiger partial charge in [-0.15, -0.1) is 0 Å². The maximum Gasteiger partial charge on any atom is 0.257 e. The van der Waals surface area contributed by atoms with Crippen LogP contribution >= 0.6 is 12.2 Å². The van der Waals surface area contributed by atoms with Gasteiger partial charge in [-0.05, 0) is 36.8 Å². The van der Waals surface area contributed by atoms with Crippen molar-refractivity contribution in [3.63, 3.8) is 0 Å². The van der Waals surface area contributed by atoms with Crippen LogP contribution in [0.25, 0.3) is 0 Å². The second kappa shape index (κ2) is 9.05. The lowest BCUT2D eigenvalue weighted by Gasteiger charge is -2.17. The molecular formula is C19H22N2O4S. The highest BCUT2D eigenvalue weighted by Gasteiger charge is 2.18. The Hall–Kier alpha value is -2.80. The van der Waals surface area contributed by atoms with Gasteiger partial charge in [-0.1, -0.05) is 30.3 Å². The summed E-state index contributed by atoms with van der Waals surface area (Å²) in [5.41, 5.74) is 1.41. The second-order valence-corrected chi connectivity index (χ2v) is 5.88. The van der Waals surface area contributed by atoms with Crippen LogP contribution in [0.3, 0.4) is 0 Å². The highest BCUT2D eigenvalue weighted by Crippen LogP contribution is 2.38. The summed E-state index contributed by atoms with van der Waals surface area (Å²) >= 11 is 5.25. The summed E-state index contributed by atoms with van der Waals surface area (Å²) in [5, 5.41) is 5.99. The van der Waals surface area contributed by atoms with Crippen molar-refractivity contribution < 1.29 is 19.0 Å². The third kappa shape index (κ3) is 4.64. The molecule has 0 bridgehead atoms. The monoisotopic (exact) mass is 374 g/mol. The zero-order valence-electron chi connectivity index (χ0n) is 15.2. The average molecular weight is 374 g/mol. The van der Waals surface area contributed by atoms with Gasteiger partial charge in [-0.3, -0.25) is 10.1 Å². The van der Waals surface area contributed by atoms with Gasteiger partial charge < -0.3 is 19.5 Å². The lowest BCUT2D eigenvalue weighted by Crippen LogP contribution is -2.40. The first-order valence-electron chi connectivity index (χ1n) is 7.97. The largest absolute Gasteiger partial charge is 0.493 e. The molecule has 0 heterocycles. The van der Waals surface area contributed by atoms with E-state index in [9.17, 15) is 4.79 Å². The molecule has 0 radical (unpaired) electrons. The average Bonchev–Trinajstić information content (AvgIpc) is 2.67. The van der Waals surface area contributed by atoms with Crippen LogP contribution in [0.15, 0.2) is 42.5 Å². The van der Waals surface area contributed by atoms with Gasteiger partial charge in [0.2, 0.25) is 5.75 Å². The van der Waals surface area contributed by atoms with E-state index in [1.807, 2.05) is 37.3 Å². The van der Waals surface area contributed by atoms with Crippen LogP contribution in [-0.4, -0.2) is 32.3 Å². The highest BCUT2D eigenvalue weighted by molar-refractivity contribution is 7.80. The number of nitrogens with one attached hydrogen (secondary N) is 2. The first-order chi connectivity index (χ1) is 12.5. The Morgan fingerprint density at radius 2 is 1.58 bits per heavy atom. The predicted molar refractivity (Wildman–Crippen MR) is 104 cm³/mol. The van der Waals surface area contributed by atoms with Gasteiger partial charge in [0.1, 0.15) is 0 Å². The topological polar surface area (TPSA) is 68.8 Å². The van der Waals surface area contributed by atoms with E-state index in [0.29, 0.717) is 22.8 Å². The van der Waals surface area contributed by atoms with Gasteiger partial charge in [0.25, 0.3) is 5.91 Å². The minimum atomic E-state index is -0.373. The molecule has 0 aromatic heterocycles. The van der Waals surface area contributed by atoms with Crippen molar-refractivity contribution in [2.24, 2.45) is 0 Å². The minimum Gasteiger partial charge on any atom is -0.493 e. The van der Waals surface area contributed by atoms with Crippen molar-refractivity contribution in [2.45, 2.75) is 13.0 Å². The number of methoxy groups -OCH3 is 3. The summed E-state index contributed by atoms with van der Waals surface area (Å²) in [4.78, 5) is 12.5. The number of amides is 1. The molecule has 0 saturated heterocycles. The number of carbonyl (C=O) groups excluding carboxylic acids is 1. The summed E-state index contributed by atoms with van der Waals surface area (Å²) in [6.07, 6.45) is 0. The third-order valence-corrected chi connectivity index (χ3v) is 4.02. The minimum absolute atomic E-state index is 0.0380. The predicted octanol–water partition coefficient (Wildman–Crippen LogP) is 3.08. The fourth-order valence-corrected chi connectivity index (χ4v) is 2.71. The van der Waals surface area contributed by atoms with Crippen LogP contribution < -0.4 is 24.8 Å². The molecule has 138 valence electrons. The Balaban J connectivity index is 2.10. The standard InChI is InChI=1S/C19H22N2O4S/c1-12(13-8-6-5-7-9-13)20-19(26)21-18(22)14-10-15(23-2)17(25-4)16(11-14)24-3/h5-12H,1-4H3,(H2,20,21,22,26). The molecule has 7 heteroatoms. The molecular weight excluding hydrogens is 352 g/mol. The SMILES string of the molecule is COc1cc(C(=O)NC(=S)NC(C)c2ccccc2)cc(OC)c1OC. The number of carbonyl (C=O) groups is 1. The molecule has 1 unspecified atom stereocenters. The molecule has 2 aromatic rings. The Bertz CT molecular complexity index is 755. The molecule has 2 aromatic carbocycles. The van der Waals surface area contributed by atoms with E-state index in [-0.39, 0.29) is 17.1 Å². The normalized spacial score (nSPS) is 11.2. The van der Waals surface area contributed by atoms with Crippen LogP contribution in [0, 0.1) is 0 Å². The first kappa shape index (κ1) is 19.5. The Morgan fingerprint density at radius 1 is 1.00 bits per heavy atom. The van der Waals surface area contributed by atoms with E-state index < -0.39 is 0 Å².